The lowest BCUT2D eigenvalue weighted by Crippen LogP contribution is -1.96. The van der Waals surface area contributed by atoms with Crippen molar-refractivity contribution in [1.29, 1.82) is 5.26 Å². The minimum atomic E-state index is 0.481. The number of nitriles is 1. The largest absolute Gasteiger partial charge is 0.328 e. The molecule has 0 unspecified atom stereocenters. The number of hydrogen-bond acceptors (Lipinski definition) is 2. The molecule has 1 N–H and O–H groups in total. The van der Waals surface area contributed by atoms with Crippen LogP contribution in [0.25, 0.3) is 0 Å². The number of hydrogen-bond donors (Lipinski definition) is 1. The van der Waals surface area contributed by atoms with Gasteiger partial charge in [-0.3, -0.25) is 4.79 Å². The van der Waals surface area contributed by atoms with Gasteiger partial charge in [0.15, 0.2) is 0 Å². The molecule has 0 bridgehead atoms. The summed E-state index contributed by atoms with van der Waals surface area (Å²) in [6.45, 7) is 0. The first-order valence-electron chi connectivity index (χ1n) is 3.18. The molecule has 0 aromatic heterocycles. The Morgan fingerprint density at radius 2 is 2.33 bits per heavy atom. The highest BCUT2D eigenvalue weighted by Gasteiger charge is 2.00. The maximum atomic E-state index is 10.1. The number of amides is 1. The normalized spacial score (nSPS) is 8.67. The second kappa shape index (κ2) is 4.07. The van der Waals surface area contributed by atoms with Gasteiger partial charge in [0.1, 0.15) is 6.07 Å². The van der Waals surface area contributed by atoms with Crippen LogP contribution in [0.3, 0.4) is 0 Å². The minimum absolute atomic E-state index is 0.481. The zero-order valence-electron chi connectivity index (χ0n) is 6.04. The van der Waals surface area contributed by atoms with Gasteiger partial charge >= 0.3 is 0 Å². The van der Waals surface area contributed by atoms with Crippen LogP contribution in [0.15, 0.2) is 18.2 Å². The van der Waals surface area contributed by atoms with E-state index in [1.54, 1.807) is 12.1 Å². The number of anilines is 1. The van der Waals surface area contributed by atoms with Crippen LogP contribution in [0.2, 0.25) is 0 Å². The van der Waals surface area contributed by atoms with Gasteiger partial charge < -0.3 is 5.32 Å². The van der Waals surface area contributed by atoms with Gasteiger partial charge in [-0.25, -0.2) is 0 Å². The lowest BCUT2D eigenvalue weighted by atomic mass is 10.2. The van der Waals surface area contributed by atoms with Gasteiger partial charge in [-0.15, -0.1) is 0 Å². The lowest BCUT2D eigenvalue weighted by molar-refractivity contribution is -0.105. The first kappa shape index (κ1) is 9.00. The molecule has 4 heteroatoms. The van der Waals surface area contributed by atoms with E-state index in [1.165, 1.54) is 0 Å². The van der Waals surface area contributed by atoms with Crippen molar-refractivity contribution in [2.45, 2.75) is 0 Å². The van der Waals surface area contributed by atoms with Crippen molar-refractivity contribution in [1.82, 2.24) is 0 Å². The molecular weight excluding hydrogens is 267 g/mol. The molecular formula is C8H5IN2O. The number of carbonyl (C=O) groups is 1. The molecule has 3 nitrogen and oxygen atoms in total. The molecule has 0 saturated heterocycles. The summed E-state index contributed by atoms with van der Waals surface area (Å²) in [5, 5.41) is 11.1. The van der Waals surface area contributed by atoms with Crippen LogP contribution in [0.1, 0.15) is 5.56 Å². The average molecular weight is 272 g/mol. The van der Waals surface area contributed by atoms with E-state index < -0.39 is 0 Å². The second-order valence-electron chi connectivity index (χ2n) is 2.06. The molecule has 0 saturated carbocycles. The fraction of sp³-hybridized carbons (Fsp3) is 0. The summed E-state index contributed by atoms with van der Waals surface area (Å²) in [6.07, 6.45) is 0.559. The van der Waals surface area contributed by atoms with Crippen LogP contribution in [0.4, 0.5) is 5.69 Å². The molecule has 1 amide bonds. The highest BCUT2D eigenvalue weighted by Crippen LogP contribution is 2.16. The van der Waals surface area contributed by atoms with Crippen molar-refractivity contribution in [3.05, 3.63) is 27.3 Å². The summed E-state index contributed by atoms with van der Waals surface area (Å²) in [5.74, 6) is 0. The Morgan fingerprint density at radius 1 is 1.58 bits per heavy atom. The van der Waals surface area contributed by atoms with Crippen LogP contribution >= 0.6 is 22.6 Å². The Morgan fingerprint density at radius 3 is 2.92 bits per heavy atom. The first-order valence-corrected chi connectivity index (χ1v) is 4.25. The molecule has 12 heavy (non-hydrogen) atoms. The maximum absolute atomic E-state index is 10.1. The molecule has 0 atom stereocenters. The summed E-state index contributed by atoms with van der Waals surface area (Å²) < 4.78 is 0.973. The van der Waals surface area contributed by atoms with E-state index in [9.17, 15) is 4.79 Å². The summed E-state index contributed by atoms with van der Waals surface area (Å²) in [5.41, 5.74) is 1.03. The molecule has 60 valence electrons. The molecule has 0 aliphatic rings. The predicted molar refractivity (Wildman–Crippen MR) is 53.6 cm³/mol. The highest BCUT2D eigenvalue weighted by atomic mass is 127. The third-order valence-electron chi connectivity index (χ3n) is 1.32. The van der Waals surface area contributed by atoms with Gasteiger partial charge in [0.2, 0.25) is 6.41 Å². The molecule has 1 rings (SSSR count). The van der Waals surface area contributed by atoms with Crippen LogP contribution in [-0.4, -0.2) is 6.41 Å². The standard InChI is InChI=1S/C8H5IN2O/c9-7-1-2-8(11-5-12)6(3-7)4-10/h1-3,5H,(H,11,12). The number of rotatable bonds is 2. The smallest absolute Gasteiger partial charge is 0.211 e. The van der Waals surface area contributed by atoms with Crippen LogP contribution < -0.4 is 5.32 Å². The van der Waals surface area contributed by atoms with E-state index >= 15 is 0 Å². The molecule has 0 heterocycles. The van der Waals surface area contributed by atoms with Crippen LogP contribution in [0.5, 0.6) is 0 Å². The van der Waals surface area contributed by atoms with E-state index in [1.807, 2.05) is 12.1 Å². The first-order chi connectivity index (χ1) is 5.77. The van der Waals surface area contributed by atoms with Gasteiger partial charge in [-0.2, -0.15) is 5.26 Å². The van der Waals surface area contributed by atoms with E-state index in [-0.39, 0.29) is 0 Å². The topological polar surface area (TPSA) is 52.9 Å². The Balaban J connectivity index is 3.12. The van der Waals surface area contributed by atoms with Gasteiger partial charge in [0.25, 0.3) is 0 Å². The molecule has 0 aliphatic carbocycles. The Kier molecular flexibility index (Phi) is 3.05. The zero-order valence-corrected chi connectivity index (χ0v) is 8.20. The Hall–Kier alpha value is -1.09. The van der Waals surface area contributed by atoms with E-state index in [4.69, 9.17) is 5.26 Å². The van der Waals surface area contributed by atoms with Gasteiger partial charge in [0.05, 0.1) is 11.3 Å². The quantitative estimate of drug-likeness (QED) is 0.658. The summed E-state index contributed by atoms with van der Waals surface area (Å²) in [4.78, 5) is 10.1. The van der Waals surface area contributed by atoms with Crippen molar-refractivity contribution in [2.75, 3.05) is 5.32 Å². The summed E-state index contributed by atoms with van der Waals surface area (Å²) in [7, 11) is 0. The molecule has 0 aliphatic heterocycles. The molecule has 0 fully saturated rings. The van der Waals surface area contributed by atoms with Gasteiger partial charge in [0, 0.05) is 3.57 Å². The van der Waals surface area contributed by atoms with Crippen molar-refractivity contribution in [3.8, 4) is 6.07 Å². The Bertz CT molecular complexity index is 343. The predicted octanol–water partition coefficient (Wildman–Crippen LogP) is 1.73. The minimum Gasteiger partial charge on any atom is -0.328 e. The number of carbonyl (C=O) groups excluding carboxylic acids is 1. The molecule has 0 spiro atoms. The van der Waals surface area contributed by atoms with Gasteiger partial charge in [-0.05, 0) is 40.8 Å². The lowest BCUT2D eigenvalue weighted by Gasteiger charge is -2.00. The summed E-state index contributed by atoms with van der Waals surface area (Å²) in [6, 6.07) is 7.24. The van der Waals surface area contributed by atoms with Crippen LogP contribution in [0, 0.1) is 14.9 Å². The number of benzene rings is 1. The van der Waals surface area contributed by atoms with E-state index in [0.717, 1.165) is 3.57 Å². The zero-order chi connectivity index (χ0) is 8.97. The van der Waals surface area contributed by atoms with Crippen molar-refractivity contribution >= 4 is 34.7 Å². The SMILES string of the molecule is N#Cc1cc(I)ccc1NC=O. The highest BCUT2D eigenvalue weighted by molar-refractivity contribution is 14.1. The Labute approximate surface area is 83.5 Å². The third kappa shape index (κ3) is 1.95. The average Bonchev–Trinajstić information content (AvgIpc) is 2.08. The number of nitrogens with zero attached hydrogens (tertiary/aromatic N) is 1. The molecule has 1 aromatic carbocycles. The fourth-order valence-electron chi connectivity index (χ4n) is 0.798. The van der Waals surface area contributed by atoms with Gasteiger partial charge in [-0.1, -0.05) is 0 Å². The van der Waals surface area contributed by atoms with Crippen molar-refractivity contribution in [2.24, 2.45) is 0 Å². The second-order valence-corrected chi connectivity index (χ2v) is 3.31. The van der Waals surface area contributed by atoms with E-state index in [0.29, 0.717) is 17.7 Å². The van der Waals surface area contributed by atoms with E-state index in [2.05, 4.69) is 27.9 Å². The maximum Gasteiger partial charge on any atom is 0.211 e. The number of halogens is 1. The molecule has 0 radical (unpaired) electrons. The summed E-state index contributed by atoms with van der Waals surface area (Å²) >= 11 is 2.11. The van der Waals surface area contributed by atoms with Crippen molar-refractivity contribution < 1.29 is 4.79 Å². The van der Waals surface area contributed by atoms with Crippen molar-refractivity contribution in [3.63, 3.8) is 0 Å². The molecule has 1 aromatic rings. The number of nitrogens with one attached hydrogen (secondary N) is 1. The fourth-order valence-corrected chi connectivity index (χ4v) is 1.29. The third-order valence-corrected chi connectivity index (χ3v) is 1.99. The van der Waals surface area contributed by atoms with Crippen LogP contribution in [-0.2, 0) is 4.79 Å². The monoisotopic (exact) mass is 272 g/mol.